The van der Waals surface area contributed by atoms with Crippen molar-refractivity contribution in [2.24, 2.45) is 0 Å². The summed E-state index contributed by atoms with van der Waals surface area (Å²) < 4.78 is 2.38. The van der Waals surface area contributed by atoms with Crippen LogP contribution in [0.15, 0.2) is 0 Å². The van der Waals surface area contributed by atoms with Crippen molar-refractivity contribution in [3.05, 3.63) is 0 Å². The first kappa shape index (κ1) is 13.7. The summed E-state index contributed by atoms with van der Waals surface area (Å²) in [5, 5.41) is 21.7. The van der Waals surface area contributed by atoms with Gasteiger partial charge in [0.15, 0.2) is 0 Å². The Bertz CT molecular complexity index is 369. The number of anilines is 1. The van der Waals surface area contributed by atoms with Crippen LogP contribution in [0.25, 0.3) is 0 Å². The molecule has 1 rings (SSSR count). The Kier molecular flexibility index (Phi) is 5.16. The van der Waals surface area contributed by atoms with Gasteiger partial charge in [-0.15, -0.1) is 0 Å². The van der Waals surface area contributed by atoms with Gasteiger partial charge >= 0.3 is 6.09 Å². The molecular weight excluding hydrogens is 244 g/mol. The number of nitrogens with zero attached hydrogens (tertiary/aromatic N) is 6. The monoisotopic (exact) mass is 259 g/mol. The lowest BCUT2D eigenvalue weighted by molar-refractivity contribution is 0.181. The zero-order valence-corrected chi connectivity index (χ0v) is 10.8. The summed E-state index contributed by atoms with van der Waals surface area (Å²) in [6, 6.07) is 0. The Morgan fingerprint density at radius 2 is 2.18 bits per heavy atom. The van der Waals surface area contributed by atoms with E-state index >= 15 is 0 Å². The second-order valence-electron chi connectivity index (χ2n) is 3.60. The zero-order valence-electron chi connectivity index (χ0n) is 10.0. The van der Waals surface area contributed by atoms with E-state index in [4.69, 9.17) is 0 Å². The number of aryl methyl sites for hydroxylation is 1. The van der Waals surface area contributed by atoms with Crippen LogP contribution < -0.4 is 4.31 Å². The molecule has 1 aromatic heterocycles. The summed E-state index contributed by atoms with van der Waals surface area (Å²) in [4.78, 5) is 12.9. The van der Waals surface area contributed by atoms with E-state index in [0.29, 0.717) is 6.54 Å². The minimum absolute atomic E-state index is 0.177. The molecule has 0 saturated carbocycles. The largest absolute Gasteiger partial charge is 0.470 e. The molecule has 0 N–H and O–H groups in total. The predicted molar refractivity (Wildman–Crippen MR) is 63.1 cm³/mol. The van der Waals surface area contributed by atoms with Crippen LogP contribution in [0.1, 0.15) is 6.42 Å². The summed E-state index contributed by atoms with van der Waals surface area (Å²) in [6.07, 6.45) is 1.12. The number of hydrogen-bond acceptors (Lipinski definition) is 6. The van der Waals surface area contributed by atoms with E-state index in [1.807, 2.05) is 19.0 Å². The number of rotatable bonds is 6. The van der Waals surface area contributed by atoms with Gasteiger partial charge in [0.1, 0.15) is 0 Å². The van der Waals surface area contributed by atoms with Crippen molar-refractivity contribution in [3.63, 3.8) is 0 Å². The zero-order chi connectivity index (χ0) is 12.8. The summed E-state index contributed by atoms with van der Waals surface area (Å²) in [5.41, 5.74) is 0. The number of aromatic nitrogens is 4. The molecule has 0 aliphatic carbocycles. The molecule has 0 saturated heterocycles. The van der Waals surface area contributed by atoms with Crippen molar-refractivity contribution in [1.82, 2.24) is 25.1 Å². The first-order valence-electron chi connectivity index (χ1n) is 5.02. The fraction of sp³-hybridized carbons (Fsp3) is 0.750. The molecule has 1 amide bonds. The van der Waals surface area contributed by atoms with Crippen molar-refractivity contribution >= 4 is 24.0 Å². The van der Waals surface area contributed by atoms with Crippen LogP contribution in [-0.2, 0) is 11.7 Å². The maximum absolute atomic E-state index is 10.8. The van der Waals surface area contributed by atoms with Crippen LogP contribution in [0, 0.1) is 0 Å². The van der Waals surface area contributed by atoms with Gasteiger partial charge in [-0.2, -0.15) is 4.31 Å². The number of carbonyl (C=O) groups is 1. The lowest BCUT2D eigenvalue weighted by Crippen LogP contribution is -2.24. The van der Waals surface area contributed by atoms with Gasteiger partial charge in [-0.25, -0.2) is 14.6 Å². The van der Waals surface area contributed by atoms with Gasteiger partial charge in [0.2, 0.25) is 0 Å². The first-order valence-corrected chi connectivity index (χ1v) is 6.20. The molecule has 9 heteroatoms. The summed E-state index contributed by atoms with van der Waals surface area (Å²) in [6.45, 7) is 1.44. The molecule has 1 radical (unpaired) electrons. The van der Waals surface area contributed by atoms with E-state index in [0.717, 1.165) is 29.2 Å². The molecular formula is C8H15N6O2S. The minimum atomic E-state index is -1.33. The predicted octanol–water partition coefficient (Wildman–Crippen LogP) is 0.260. The van der Waals surface area contributed by atoms with Gasteiger partial charge < -0.3 is 4.90 Å². The van der Waals surface area contributed by atoms with E-state index in [2.05, 4.69) is 15.5 Å². The number of hydrogen-bond donors (Lipinski definition) is 0. The third-order valence-electron chi connectivity index (χ3n) is 2.02. The molecule has 0 atom stereocenters. The lowest BCUT2D eigenvalue weighted by Gasteiger charge is -2.13. The Morgan fingerprint density at radius 3 is 2.71 bits per heavy atom. The van der Waals surface area contributed by atoms with Gasteiger partial charge in [0.25, 0.3) is 5.95 Å². The molecule has 1 aromatic rings. The van der Waals surface area contributed by atoms with Gasteiger partial charge in [-0.05, 0) is 49.4 Å². The molecule has 0 fully saturated rings. The molecule has 8 nitrogen and oxygen atoms in total. The number of carbonyl (C=O) groups excluding carboxylic acids is 1. The van der Waals surface area contributed by atoms with Crippen LogP contribution in [0.5, 0.6) is 0 Å². The maximum atomic E-state index is 10.8. The Labute approximate surface area is 104 Å². The van der Waals surface area contributed by atoms with E-state index in [1.54, 1.807) is 6.26 Å². The maximum Gasteiger partial charge on any atom is 0.470 e. The second kappa shape index (κ2) is 6.40. The lowest BCUT2D eigenvalue weighted by atomic mass is 10.4. The molecule has 0 bridgehead atoms. The van der Waals surface area contributed by atoms with Crippen molar-refractivity contribution in [3.8, 4) is 0 Å². The van der Waals surface area contributed by atoms with E-state index in [-0.39, 0.29) is 5.95 Å². The van der Waals surface area contributed by atoms with Gasteiger partial charge in [-0.3, -0.25) is 0 Å². The fourth-order valence-corrected chi connectivity index (χ4v) is 1.71. The summed E-state index contributed by atoms with van der Waals surface area (Å²) in [7, 11) is 3.94. The average molecular weight is 259 g/mol. The number of tetrazole rings is 1. The molecule has 0 aliphatic rings. The van der Waals surface area contributed by atoms with Gasteiger partial charge in [-0.1, -0.05) is 5.10 Å². The highest BCUT2D eigenvalue weighted by atomic mass is 32.2. The molecule has 17 heavy (non-hydrogen) atoms. The molecule has 0 spiro atoms. The normalized spacial score (nSPS) is 10.8. The molecule has 0 aliphatic heterocycles. The van der Waals surface area contributed by atoms with Crippen LogP contribution >= 0.6 is 11.9 Å². The SMILES string of the molecule is CSN(C([O])=O)c1nnnn1CCCN(C)C. The van der Waals surface area contributed by atoms with Crippen LogP contribution in [0.4, 0.5) is 10.7 Å². The third-order valence-corrected chi connectivity index (χ3v) is 2.70. The fourth-order valence-electron chi connectivity index (χ4n) is 1.26. The van der Waals surface area contributed by atoms with Crippen LogP contribution in [-0.4, -0.2) is 58.1 Å². The Balaban J connectivity index is 2.68. The quantitative estimate of drug-likeness (QED) is 0.681. The molecule has 95 valence electrons. The van der Waals surface area contributed by atoms with E-state index in [9.17, 15) is 9.90 Å². The summed E-state index contributed by atoms with van der Waals surface area (Å²) in [5.74, 6) is 0.177. The van der Waals surface area contributed by atoms with Crippen molar-refractivity contribution in [2.45, 2.75) is 13.0 Å². The molecule has 0 aromatic carbocycles. The Morgan fingerprint density at radius 1 is 1.47 bits per heavy atom. The highest BCUT2D eigenvalue weighted by Gasteiger charge is 2.21. The number of amides is 1. The third kappa shape index (κ3) is 3.86. The molecule has 1 heterocycles. The molecule has 0 unspecified atom stereocenters. The van der Waals surface area contributed by atoms with Crippen LogP contribution in [0.2, 0.25) is 0 Å². The first-order chi connectivity index (χ1) is 8.06. The van der Waals surface area contributed by atoms with Crippen molar-refractivity contribution in [1.29, 1.82) is 0 Å². The van der Waals surface area contributed by atoms with E-state index in [1.165, 1.54) is 4.68 Å². The highest BCUT2D eigenvalue weighted by Crippen LogP contribution is 2.17. The highest BCUT2D eigenvalue weighted by molar-refractivity contribution is 8.00. The van der Waals surface area contributed by atoms with Gasteiger partial charge in [0, 0.05) is 12.8 Å². The van der Waals surface area contributed by atoms with Gasteiger partial charge in [0.05, 0.1) is 0 Å². The summed E-state index contributed by atoms with van der Waals surface area (Å²) >= 11 is 0.987. The average Bonchev–Trinajstić information content (AvgIpc) is 2.66. The van der Waals surface area contributed by atoms with E-state index < -0.39 is 6.09 Å². The standard InChI is InChI=1S/C8H15N6O2S/c1-12(2)5-4-6-13-7(9-10-11-13)14(17-3)8(15)16/h4-6H2,1-3H3. The van der Waals surface area contributed by atoms with Crippen molar-refractivity contribution in [2.75, 3.05) is 31.2 Å². The van der Waals surface area contributed by atoms with Crippen LogP contribution in [0.3, 0.4) is 0 Å². The second-order valence-corrected chi connectivity index (χ2v) is 4.33. The smallest absolute Gasteiger partial charge is 0.309 e. The minimum Gasteiger partial charge on any atom is -0.309 e. The Hall–Kier alpha value is -1.35. The van der Waals surface area contributed by atoms with Crippen molar-refractivity contribution < 1.29 is 9.90 Å². The topological polar surface area (TPSA) is 87.0 Å².